The third-order valence-corrected chi connectivity index (χ3v) is 4.04. The van der Waals surface area contributed by atoms with Crippen molar-refractivity contribution in [1.82, 2.24) is 0 Å². The second kappa shape index (κ2) is 7.49. The molecule has 0 aliphatic rings. The molecule has 0 saturated heterocycles. The highest BCUT2D eigenvalue weighted by atomic mass is 32.2. The third-order valence-electron chi connectivity index (χ3n) is 2.71. The highest BCUT2D eigenvalue weighted by Gasteiger charge is 2.08. The van der Waals surface area contributed by atoms with Crippen LogP contribution in [-0.4, -0.2) is 17.3 Å². The molecular formula is C14H19FOS. The Morgan fingerprint density at radius 3 is 2.76 bits per heavy atom. The van der Waals surface area contributed by atoms with Crippen LogP contribution in [0.4, 0.5) is 4.39 Å². The molecule has 0 amide bonds. The predicted molar refractivity (Wildman–Crippen MR) is 71.9 cm³/mol. The van der Waals surface area contributed by atoms with Gasteiger partial charge in [0.1, 0.15) is 11.6 Å². The van der Waals surface area contributed by atoms with Crippen LogP contribution in [0.3, 0.4) is 0 Å². The summed E-state index contributed by atoms with van der Waals surface area (Å²) in [6.07, 6.45) is 1.34. The van der Waals surface area contributed by atoms with Crippen LogP contribution in [-0.2, 0) is 11.2 Å². The molecule has 0 N–H and O–H groups in total. The number of ketones is 1. The van der Waals surface area contributed by atoms with Gasteiger partial charge in [-0.15, -0.1) is 0 Å². The average Bonchev–Trinajstić information content (AvgIpc) is 2.32. The SMILES string of the molecule is CCC(C)CSCC(=O)Cc1ccccc1F. The molecule has 0 heterocycles. The molecule has 1 aromatic carbocycles. The fourth-order valence-electron chi connectivity index (χ4n) is 1.40. The minimum absolute atomic E-state index is 0.100. The van der Waals surface area contributed by atoms with E-state index in [0.717, 1.165) is 12.2 Å². The first-order chi connectivity index (χ1) is 8.13. The fraction of sp³-hybridized carbons (Fsp3) is 0.500. The van der Waals surface area contributed by atoms with Gasteiger partial charge in [0.15, 0.2) is 0 Å². The van der Waals surface area contributed by atoms with E-state index in [9.17, 15) is 9.18 Å². The summed E-state index contributed by atoms with van der Waals surface area (Å²) in [5, 5.41) is 0. The van der Waals surface area contributed by atoms with Crippen molar-refractivity contribution in [2.45, 2.75) is 26.7 Å². The summed E-state index contributed by atoms with van der Waals surface area (Å²) in [7, 11) is 0. The highest BCUT2D eigenvalue weighted by molar-refractivity contribution is 7.99. The zero-order valence-corrected chi connectivity index (χ0v) is 11.2. The molecule has 0 aliphatic carbocycles. The van der Waals surface area contributed by atoms with E-state index >= 15 is 0 Å². The van der Waals surface area contributed by atoms with Gasteiger partial charge >= 0.3 is 0 Å². The lowest BCUT2D eigenvalue weighted by atomic mass is 10.1. The Labute approximate surface area is 107 Å². The van der Waals surface area contributed by atoms with Crippen LogP contribution < -0.4 is 0 Å². The maximum absolute atomic E-state index is 13.3. The summed E-state index contributed by atoms with van der Waals surface area (Å²) < 4.78 is 13.3. The lowest BCUT2D eigenvalue weighted by Crippen LogP contribution is -2.09. The number of carbonyl (C=O) groups is 1. The largest absolute Gasteiger partial charge is 0.298 e. The standard InChI is InChI=1S/C14H19FOS/c1-3-11(2)9-17-10-13(16)8-12-6-4-5-7-14(12)15/h4-7,11H,3,8-10H2,1-2H3. The maximum Gasteiger partial charge on any atom is 0.147 e. The van der Waals surface area contributed by atoms with Gasteiger partial charge in [0, 0.05) is 6.42 Å². The van der Waals surface area contributed by atoms with Gasteiger partial charge in [-0.05, 0) is 23.3 Å². The van der Waals surface area contributed by atoms with E-state index < -0.39 is 0 Å². The first-order valence-electron chi connectivity index (χ1n) is 5.96. The summed E-state index contributed by atoms with van der Waals surface area (Å²) in [6, 6.07) is 6.47. The number of halogens is 1. The van der Waals surface area contributed by atoms with E-state index in [4.69, 9.17) is 0 Å². The number of Topliss-reactive ketones (excluding diaryl/α,β-unsaturated/α-hetero) is 1. The second-order valence-corrected chi connectivity index (χ2v) is 5.37. The quantitative estimate of drug-likeness (QED) is 0.737. The van der Waals surface area contributed by atoms with Gasteiger partial charge < -0.3 is 0 Å². The van der Waals surface area contributed by atoms with Crippen molar-refractivity contribution in [2.75, 3.05) is 11.5 Å². The number of hydrogen-bond donors (Lipinski definition) is 0. The van der Waals surface area contributed by atoms with Crippen LogP contribution in [0.2, 0.25) is 0 Å². The maximum atomic E-state index is 13.3. The van der Waals surface area contributed by atoms with Crippen molar-refractivity contribution < 1.29 is 9.18 Å². The topological polar surface area (TPSA) is 17.1 Å². The summed E-state index contributed by atoms with van der Waals surface area (Å²) in [5.41, 5.74) is 0.502. The molecule has 0 aromatic heterocycles. The van der Waals surface area contributed by atoms with E-state index in [2.05, 4.69) is 13.8 Å². The van der Waals surface area contributed by atoms with Gasteiger partial charge in [-0.1, -0.05) is 38.5 Å². The second-order valence-electron chi connectivity index (χ2n) is 4.34. The molecule has 0 fully saturated rings. The first kappa shape index (κ1) is 14.2. The van der Waals surface area contributed by atoms with Crippen molar-refractivity contribution in [3.05, 3.63) is 35.6 Å². The predicted octanol–water partition coefficient (Wildman–Crippen LogP) is 3.72. The molecule has 1 aromatic rings. The molecule has 1 atom stereocenters. The zero-order chi connectivity index (χ0) is 12.7. The summed E-state index contributed by atoms with van der Waals surface area (Å²) in [6.45, 7) is 4.32. The van der Waals surface area contributed by atoms with E-state index in [-0.39, 0.29) is 18.0 Å². The van der Waals surface area contributed by atoms with E-state index in [1.807, 2.05) is 0 Å². The monoisotopic (exact) mass is 254 g/mol. The smallest absolute Gasteiger partial charge is 0.147 e. The van der Waals surface area contributed by atoms with Crippen LogP contribution in [0.1, 0.15) is 25.8 Å². The van der Waals surface area contributed by atoms with Crippen molar-refractivity contribution in [2.24, 2.45) is 5.92 Å². The molecule has 1 nitrogen and oxygen atoms in total. The van der Waals surface area contributed by atoms with E-state index in [1.165, 1.54) is 6.07 Å². The Bertz CT molecular complexity index is 365. The molecule has 0 aliphatic heterocycles. The van der Waals surface area contributed by atoms with Gasteiger partial charge in [0.2, 0.25) is 0 Å². The van der Waals surface area contributed by atoms with Crippen LogP contribution in [0.25, 0.3) is 0 Å². The lowest BCUT2D eigenvalue weighted by Gasteiger charge is -2.07. The number of hydrogen-bond acceptors (Lipinski definition) is 2. The fourth-order valence-corrected chi connectivity index (χ4v) is 2.48. The number of carbonyl (C=O) groups excluding carboxylic acids is 1. The number of thioether (sulfide) groups is 1. The Morgan fingerprint density at radius 2 is 2.12 bits per heavy atom. The molecule has 94 valence electrons. The molecule has 0 bridgehead atoms. The van der Waals surface area contributed by atoms with Crippen molar-refractivity contribution in [1.29, 1.82) is 0 Å². The van der Waals surface area contributed by atoms with Crippen LogP contribution in [0, 0.1) is 11.7 Å². The third kappa shape index (κ3) is 5.35. The Hall–Kier alpha value is -0.830. The Morgan fingerprint density at radius 1 is 1.41 bits per heavy atom. The summed E-state index contributed by atoms with van der Waals surface area (Å²) in [5.74, 6) is 1.94. The minimum Gasteiger partial charge on any atom is -0.298 e. The molecular weight excluding hydrogens is 235 g/mol. The molecule has 0 spiro atoms. The summed E-state index contributed by atoms with van der Waals surface area (Å²) in [4.78, 5) is 11.6. The Balaban J connectivity index is 2.33. The molecule has 1 rings (SSSR count). The highest BCUT2D eigenvalue weighted by Crippen LogP contribution is 2.13. The molecule has 3 heteroatoms. The minimum atomic E-state index is -0.284. The van der Waals surface area contributed by atoms with Gasteiger partial charge in [-0.25, -0.2) is 4.39 Å². The zero-order valence-electron chi connectivity index (χ0n) is 10.4. The molecule has 1 unspecified atom stereocenters. The van der Waals surface area contributed by atoms with Crippen molar-refractivity contribution >= 4 is 17.5 Å². The lowest BCUT2D eigenvalue weighted by molar-refractivity contribution is -0.116. The average molecular weight is 254 g/mol. The first-order valence-corrected chi connectivity index (χ1v) is 7.11. The van der Waals surface area contributed by atoms with Crippen LogP contribution >= 0.6 is 11.8 Å². The molecule has 17 heavy (non-hydrogen) atoms. The Kier molecular flexibility index (Phi) is 6.27. The van der Waals surface area contributed by atoms with E-state index in [1.54, 1.807) is 30.0 Å². The summed E-state index contributed by atoms with van der Waals surface area (Å²) >= 11 is 1.65. The van der Waals surface area contributed by atoms with Gasteiger partial charge in [-0.2, -0.15) is 11.8 Å². The normalized spacial score (nSPS) is 12.4. The molecule has 0 saturated carbocycles. The van der Waals surface area contributed by atoms with Crippen LogP contribution in [0.5, 0.6) is 0 Å². The van der Waals surface area contributed by atoms with Gasteiger partial charge in [-0.3, -0.25) is 4.79 Å². The van der Waals surface area contributed by atoms with Crippen molar-refractivity contribution in [3.63, 3.8) is 0 Å². The number of rotatable bonds is 7. The van der Waals surface area contributed by atoms with Gasteiger partial charge in [0.05, 0.1) is 5.75 Å². The van der Waals surface area contributed by atoms with Crippen molar-refractivity contribution in [3.8, 4) is 0 Å². The molecule has 0 radical (unpaired) electrons. The van der Waals surface area contributed by atoms with E-state index in [0.29, 0.717) is 17.2 Å². The van der Waals surface area contributed by atoms with Gasteiger partial charge in [0.25, 0.3) is 0 Å². The number of benzene rings is 1. The van der Waals surface area contributed by atoms with Crippen LogP contribution in [0.15, 0.2) is 24.3 Å².